The zero-order valence-electron chi connectivity index (χ0n) is 10.0. The number of nitrogens with one attached hydrogen (secondary N) is 1. The molecule has 2 N–H and O–H groups in total. The third-order valence-corrected chi connectivity index (χ3v) is 2.77. The molecule has 6 heteroatoms. The number of carbonyl (C=O) groups is 1. The first-order valence-corrected chi connectivity index (χ1v) is 5.57. The first-order chi connectivity index (χ1) is 8.06. The van der Waals surface area contributed by atoms with E-state index < -0.39 is 5.97 Å². The Balaban J connectivity index is 2.28. The van der Waals surface area contributed by atoms with Crippen molar-refractivity contribution >= 4 is 11.8 Å². The summed E-state index contributed by atoms with van der Waals surface area (Å²) in [6.07, 6.45) is 0.855. The first-order valence-electron chi connectivity index (χ1n) is 5.57. The van der Waals surface area contributed by atoms with Crippen LogP contribution in [-0.4, -0.2) is 46.1 Å². The number of aliphatic carboxylic acids is 1. The van der Waals surface area contributed by atoms with Gasteiger partial charge in [-0.15, -0.1) is 0 Å². The largest absolute Gasteiger partial charge is 0.480 e. The van der Waals surface area contributed by atoms with Crippen molar-refractivity contribution < 1.29 is 9.90 Å². The number of likely N-dealkylation sites (N-methyl/N-ethyl adjacent to an activating group) is 1. The van der Waals surface area contributed by atoms with Gasteiger partial charge in [-0.3, -0.25) is 4.79 Å². The molecule has 0 atom stereocenters. The van der Waals surface area contributed by atoms with Crippen LogP contribution in [0.25, 0.3) is 0 Å². The summed E-state index contributed by atoms with van der Waals surface area (Å²) in [6, 6.07) is 0. The molecule has 0 amide bonds. The van der Waals surface area contributed by atoms with Gasteiger partial charge in [-0.25, -0.2) is 9.97 Å². The Morgan fingerprint density at radius 1 is 1.53 bits per heavy atom. The van der Waals surface area contributed by atoms with Gasteiger partial charge < -0.3 is 15.3 Å². The minimum absolute atomic E-state index is 0.112. The van der Waals surface area contributed by atoms with Crippen LogP contribution in [-0.2, 0) is 17.8 Å². The van der Waals surface area contributed by atoms with Crippen molar-refractivity contribution in [1.82, 2.24) is 14.9 Å². The van der Waals surface area contributed by atoms with Gasteiger partial charge in [0.15, 0.2) is 0 Å². The van der Waals surface area contributed by atoms with Crippen LogP contribution in [0.3, 0.4) is 0 Å². The molecule has 0 aliphatic carbocycles. The summed E-state index contributed by atoms with van der Waals surface area (Å²) in [6.45, 7) is 3.45. The first kappa shape index (κ1) is 11.8. The summed E-state index contributed by atoms with van der Waals surface area (Å²) in [5.41, 5.74) is 2.05. The monoisotopic (exact) mass is 236 g/mol. The number of anilines is 1. The molecule has 2 rings (SSSR count). The average molecular weight is 236 g/mol. The molecule has 1 aliphatic rings. The number of fused-ring (bicyclic) bond motifs is 1. The summed E-state index contributed by atoms with van der Waals surface area (Å²) in [5.74, 6) is 0.456. The summed E-state index contributed by atoms with van der Waals surface area (Å²) in [5, 5.41) is 11.5. The molecule has 0 fully saturated rings. The van der Waals surface area contributed by atoms with Gasteiger partial charge in [-0.2, -0.15) is 0 Å². The van der Waals surface area contributed by atoms with Gasteiger partial charge in [0.25, 0.3) is 0 Å². The molecule has 0 saturated carbocycles. The molecule has 0 bridgehead atoms. The fraction of sp³-hybridized carbons (Fsp3) is 0.545. The average Bonchev–Trinajstić information content (AvgIpc) is 2.24. The number of hydrogen-bond acceptors (Lipinski definition) is 5. The molecule has 0 radical (unpaired) electrons. The Morgan fingerprint density at radius 2 is 2.29 bits per heavy atom. The van der Waals surface area contributed by atoms with Crippen LogP contribution in [0.5, 0.6) is 0 Å². The number of aromatic nitrogens is 2. The van der Waals surface area contributed by atoms with Crippen LogP contribution in [0.1, 0.15) is 17.1 Å². The van der Waals surface area contributed by atoms with Crippen LogP contribution >= 0.6 is 0 Å². The lowest BCUT2D eigenvalue weighted by Gasteiger charge is -2.25. The van der Waals surface area contributed by atoms with E-state index in [0.29, 0.717) is 11.6 Å². The van der Waals surface area contributed by atoms with Gasteiger partial charge in [0.05, 0.1) is 5.69 Å². The van der Waals surface area contributed by atoms with E-state index in [2.05, 4.69) is 20.2 Å². The van der Waals surface area contributed by atoms with Crippen molar-refractivity contribution in [3.8, 4) is 0 Å². The maximum atomic E-state index is 10.6. The van der Waals surface area contributed by atoms with E-state index in [1.54, 1.807) is 0 Å². The molecular formula is C11H16N4O2. The molecule has 17 heavy (non-hydrogen) atoms. The van der Waals surface area contributed by atoms with Crippen molar-refractivity contribution in [3.63, 3.8) is 0 Å². The maximum Gasteiger partial charge on any atom is 0.322 e. The lowest BCUT2D eigenvalue weighted by Crippen LogP contribution is -2.29. The van der Waals surface area contributed by atoms with Crippen LogP contribution in [0.4, 0.5) is 5.82 Å². The van der Waals surface area contributed by atoms with E-state index in [1.807, 2.05) is 14.0 Å². The van der Waals surface area contributed by atoms with Crippen LogP contribution in [0, 0.1) is 6.92 Å². The number of hydrogen-bond donors (Lipinski definition) is 2. The predicted octanol–water partition coefficient (Wildman–Crippen LogP) is 0.269. The number of nitrogens with zero attached hydrogens (tertiary/aromatic N) is 3. The zero-order chi connectivity index (χ0) is 12.4. The van der Waals surface area contributed by atoms with E-state index in [9.17, 15) is 4.79 Å². The van der Waals surface area contributed by atoms with Gasteiger partial charge in [0.2, 0.25) is 0 Å². The molecule has 1 aromatic rings. The highest BCUT2D eigenvalue weighted by molar-refractivity contribution is 5.72. The van der Waals surface area contributed by atoms with E-state index >= 15 is 0 Å². The number of rotatable bonds is 3. The highest BCUT2D eigenvalue weighted by Gasteiger charge is 2.19. The molecule has 0 unspecified atom stereocenters. The van der Waals surface area contributed by atoms with Gasteiger partial charge in [-0.05, 0) is 20.4 Å². The van der Waals surface area contributed by atoms with Crippen LogP contribution in [0.15, 0.2) is 0 Å². The lowest BCUT2D eigenvalue weighted by atomic mass is 10.1. The molecular weight excluding hydrogens is 220 g/mol. The third-order valence-electron chi connectivity index (χ3n) is 2.77. The SMILES string of the molecule is Cc1nc2c(c(NCC(=O)O)n1)CCN(C)C2. The highest BCUT2D eigenvalue weighted by Crippen LogP contribution is 2.22. The number of aryl methyl sites for hydroxylation is 1. The molecule has 0 spiro atoms. The molecule has 0 aromatic carbocycles. The normalized spacial score (nSPS) is 15.4. The van der Waals surface area contributed by atoms with Gasteiger partial charge in [-0.1, -0.05) is 0 Å². The highest BCUT2D eigenvalue weighted by atomic mass is 16.4. The van der Waals surface area contributed by atoms with E-state index in [4.69, 9.17) is 5.11 Å². The third kappa shape index (κ3) is 2.71. The second-order valence-corrected chi connectivity index (χ2v) is 4.28. The fourth-order valence-electron chi connectivity index (χ4n) is 1.99. The zero-order valence-corrected chi connectivity index (χ0v) is 10.0. The van der Waals surface area contributed by atoms with Crippen molar-refractivity contribution in [2.45, 2.75) is 19.9 Å². The summed E-state index contributed by atoms with van der Waals surface area (Å²) in [4.78, 5) is 21.4. The Morgan fingerprint density at radius 3 is 3.00 bits per heavy atom. The number of carboxylic acids is 1. The second-order valence-electron chi connectivity index (χ2n) is 4.28. The van der Waals surface area contributed by atoms with Crippen molar-refractivity contribution in [2.24, 2.45) is 0 Å². The molecule has 0 saturated heterocycles. The smallest absolute Gasteiger partial charge is 0.322 e. The molecule has 6 nitrogen and oxygen atoms in total. The lowest BCUT2D eigenvalue weighted by molar-refractivity contribution is -0.134. The predicted molar refractivity (Wildman–Crippen MR) is 62.9 cm³/mol. The fourth-order valence-corrected chi connectivity index (χ4v) is 1.99. The van der Waals surface area contributed by atoms with Gasteiger partial charge >= 0.3 is 5.97 Å². The quantitative estimate of drug-likeness (QED) is 0.784. The summed E-state index contributed by atoms with van der Waals surface area (Å²) >= 11 is 0. The minimum atomic E-state index is -0.886. The Labute approximate surface area is 99.7 Å². The Kier molecular flexibility index (Phi) is 3.23. The molecule has 92 valence electrons. The topological polar surface area (TPSA) is 78.3 Å². The van der Waals surface area contributed by atoms with E-state index in [0.717, 1.165) is 30.8 Å². The van der Waals surface area contributed by atoms with Crippen LogP contribution < -0.4 is 5.32 Å². The standard InChI is InChI=1S/C11H16N4O2/c1-7-13-9-6-15(2)4-3-8(9)11(14-7)12-5-10(16)17/h3-6H2,1-2H3,(H,16,17)(H,12,13,14). The summed E-state index contributed by atoms with van der Waals surface area (Å²) < 4.78 is 0. The molecule has 2 heterocycles. The van der Waals surface area contributed by atoms with Crippen molar-refractivity contribution in [1.29, 1.82) is 0 Å². The van der Waals surface area contributed by atoms with Crippen molar-refractivity contribution in [2.75, 3.05) is 25.5 Å². The second kappa shape index (κ2) is 4.67. The number of carboxylic acid groups (broad SMARTS) is 1. The minimum Gasteiger partial charge on any atom is -0.480 e. The Hall–Kier alpha value is -1.69. The van der Waals surface area contributed by atoms with E-state index in [-0.39, 0.29) is 6.54 Å². The van der Waals surface area contributed by atoms with E-state index in [1.165, 1.54) is 0 Å². The molecule has 1 aliphatic heterocycles. The molecule has 1 aromatic heterocycles. The van der Waals surface area contributed by atoms with Gasteiger partial charge in [0.1, 0.15) is 18.2 Å². The van der Waals surface area contributed by atoms with Gasteiger partial charge in [0, 0.05) is 18.7 Å². The maximum absolute atomic E-state index is 10.6. The van der Waals surface area contributed by atoms with Crippen LogP contribution in [0.2, 0.25) is 0 Å². The van der Waals surface area contributed by atoms with Crippen molar-refractivity contribution in [3.05, 3.63) is 17.1 Å². The Bertz CT molecular complexity index is 447. The summed E-state index contributed by atoms with van der Waals surface area (Å²) in [7, 11) is 2.05.